The summed E-state index contributed by atoms with van der Waals surface area (Å²) in [6, 6.07) is 2.21. The highest BCUT2D eigenvalue weighted by atomic mass is 28.4. The summed E-state index contributed by atoms with van der Waals surface area (Å²) in [6.45, 7) is 11.8. The van der Waals surface area contributed by atoms with E-state index in [4.69, 9.17) is 13.3 Å². The van der Waals surface area contributed by atoms with Crippen LogP contribution in [0.15, 0.2) is 12.1 Å². The van der Waals surface area contributed by atoms with Crippen LogP contribution in [0, 0.1) is 17.5 Å². The average molecular weight is 407 g/mol. The number of aryl methyl sites for hydroxylation is 1. The highest BCUT2D eigenvalue weighted by Gasteiger charge is 2.43. The van der Waals surface area contributed by atoms with Gasteiger partial charge in [-0.25, -0.2) is 13.2 Å². The first-order chi connectivity index (χ1) is 12.5. The van der Waals surface area contributed by atoms with Crippen LogP contribution in [-0.2, 0) is 19.7 Å². The summed E-state index contributed by atoms with van der Waals surface area (Å²) in [4.78, 5) is 0. The Balaban J connectivity index is 2.63. The summed E-state index contributed by atoms with van der Waals surface area (Å²) >= 11 is 0. The van der Waals surface area contributed by atoms with Crippen LogP contribution in [0.25, 0.3) is 0 Å². The topological polar surface area (TPSA) is 27.7 Å². The van der Waals surface area contributed by atoms with Crippen LogP contribution >= 0.6 is 0 Å². The normalized spacial score (nSPS) is 12.6. The van der Waals surface area contributed by atoms with Gasteiger partial charge in [-0.3, -0.25) is 0 Å². The van der Waals surface area contributed by atoms with Crippen LogP contribution in [0.3, 0.4) is 0 Å². The first kappa shape index (κ1) is 24.1. The maximum atomic E-state index is 13.7. The number of benzene rings is 1. The molecule has 0 saturated heterocycles. The molecule has 1 rings (SSSR count). The van der Waals surface area contributed by atoms with Gasteiger partial charge in [0.15, 0.2) is 11.6 Å². The van der Waals surface area contributed by atoms with Crippen molar-refractivity contribution < 1.29 is 26.4 Å². The van der Waals surface area contributed by atoms with Crippen LogP contribution in [0.2, 0.25) is 6.04 Å². The molecule has 0 unspecified atom stereocenters. The summed E-state index contributed by atoms with van der Waals surface area (Å²) in [7, 11) is -2.83. The van der Waals surface area contributed by atoms with Gasteiger partial charge in [0.2, 0.25) is 0 Å². The average Bonchev–Trinajstić information content (AvgIpc) is 2.49. The second-order valence-electron chi connectivity index (χ2n) is 7.60. The molecule has 0 heterocycles. The van der Waals surface area contributed by atoms with Crippen molar-refractivity contribution in [2.24, 2.45) is 0 Å². The third-order valence-corrected chi connectivity index (χ3v) is 7.22. The zero-order valence-corrected chi connectivity index (χ0v) is 18.3. The largest absolute Gasteiger partial charge is 0.501 e. The Morgan fingerprint density at radius 3 is 1.67 bits per heavy atom. The molecule has 0 saturated carbocycles. The van der Waals surface area contributed by atoms with E-state index in [2.05, 4.69) is 0 Å². The van der Waals surface area contributed by atoms with Crippen LogP contribution in [0.1, 0.15) is 66.4 Å². The molecule has 0 atom stereocenters. The fourth-order valence-electron chi connectivity index (χ4n) is 2.93. The third kappa shape index (κ3) is 8.77. The smallest absolute Gasteiger partial charge is 0.371 e. The van der Waals surface area contributed by atoms with Crippen molar-refractivity contribution in [3.63, 3.8) is 0 Å². The van der Waals surface area contributed by atoms with Gasteiger partial charge in [0.1, 0.15) is 5.82 Å². The third-order valence-electron chi connectivity index (χ3n) is 3.76. The second kappa shape index (κ2) is 11.2. The van der Waals surface area contributed by atoms with Gasteiger partial charge in [-0.05, 0) is 72.4 Å². The molecule has 0 aliphatic heterocycles. The quantitative estimate of drug-likeness (QED) is 0.241. The molecule has 0 spiro atoms. The Labute approximate surface area is 162 Å². The van der Waals surface area contributed by atoms with E-state index in [0.717, 1.165) is 18.9 Å². The molecule has 1 aromatic carbocycles. The predicted octanol–water partition coefficient (Wildman–Crippen LogP) is 6.03. The first-order valence-electron chi connectivity index (χ1n) is 9.71. The molecule has 3 nitrogen and oxygen atoms in total. The van der Waals surface area contributed by atoms with E-state index in [9.17, 15) is 13.2 Å². The minimum atomic E-state index is -2.83. The van der Waals surface area contributed by atoms with Gasteiger partial charge < -0.3 is 13.3 Å². The minimum absolute atomic E-state index is 0.00884. The van der Waals surface area contributed by atoms with E-state index in [1.807, 2.05) is 41.5 Å². The van der Waals surface area contributed by atoms with Gasteiger partial charge >= 0.3 is 8.80 Å². The summed E-state index contributed by atoms with van der Waals surface area (Å²) in [5.74, 6) is -2.87. The zero-order chi connectivity index (χ0) is 20.6. The Morgan fingerprint density at radius 2 is 1.19 bits per heavy atom. The molecule has 0 aliphatic carbocycles. The minimum Gasteiger partial charge on any atom is -0.371 e. The van der Waals surface area contributed by atoms with E-state index >= 15 is 0 Å². The maximum Gasteiger partial charge on any atom is 0.501 e. The molecule has 156 valence electrons. The number of halogens is 3. The fraction of sp³-hybridized carbons (Fsp3) is 0.700. The lowest BCUT2D eigenvalue weighted by Gasteiger charge is -2.34. The number of unbranched alkanes of at least 4 members (excludes halogenated alkanes) is 2. The van der Waals surface area contributed by atoms with Crippen molar-refractivity contribution in [1.29, 1.82) is 0 Å². The molecule has 0 N–H and O–H groups in total. The number of hydrogen-bond donors (Lipinski definition) is 0. The van der Waals surface area contributed by atoms with Gasteiger partial charge in [0.05, 0.1) is 0 Å². The molecular formula is C20H33F3O3Si. The van der Waals surface area contributed by atoms with Gasteiger partial charge in [-0.2, -0.15) is 0 Å². The Kier molecular flexibility index (Phi) is 10.0. The number of rotatable bonds is 12. The molecule has 0 fully saturated rings. The van der Waals surface area contributed by atoms with Crippen molar-refractivity contribution in [2.75, 3.05) is 0 Å². The standard InChI is InChI=1S/C20H33F3O3Si/c1-14(2)24-27(25-15(3)4,26-16(5)6)11-9-7-8-10-17-12-19(22)20(23)13-18(17)21/h12-16H,7-11H2,1-6H3. The Hall–Kier alpha value is -0.893. The Bertz CT molecular complexity index is 553. The lowest BCUT2D eigenvalue weighted by atomic mass is 10.1. The molecule has 0 amide bonds. The number of hydrogen-bond acceptors (Lipinski definition) is 3. The molecular weight excluding hydrogens is 373 g/mol. The van der Waals surface area contributed by atoms with E-state index < -0.39 is 26.3 Å². The van der Waals surface area contributed by atoms with Crippen LogP contribution < -0.4 is 0 Å². The maximum absolute atomic E-state index is 13.7. The predicted molar refractivity (Wildman–Crippen MR) is 103 cm³/mol. The van der Waals surface area contributed by atoms with Crippen LogP contribution in [-0.4, -0.2) is 27.1 Å². The van der Waals surface area contributed by atoms with Crippen molar-refractivity contribution in [2.45, 2.75) is 91.6 Å². The van der Waals surface area contributed by atoms with Gasteiger partial charge in [-0.1, -0.05) is 6.42 Å². The van der Waals surface area contributed by atoms with Crippen LogP contribution in [0.5, 0.6) is 0 Å². The zero-order valence-electron chi connectivity index (χ0n) is 17.3. The fourth-order valence-corrected chi connectivity index (χ4v) is 6.28. The molecule has 0 aliphatic rings. The van der Waals surface area contributed by atoms with E-state index in [1.165, 1.54) is 0 Å². The van der Waals surface area contributed by atoms with Crippen molar-refractivity contribution in [1.82, 2.24) is 0 Å². The SMILES string of the molecule is CC(C)O[Si](CCCCCc1cc(F)c(F)cc1F)(OC(C)C)OC(C)C. The molecule has 0 aromatic heterocycles. The highest BCUT2D eigenvalue weighted by molar-refractivity contribution is 6.60. The Morgan fingerprint density at radius 1 is 0.704 bits per heavy atom. The lowest BCUT2D eigenvalue weighted by Crippen LogP contribution is -2.50. The summed E-state index contributed by atoms with van der Waals surface area (Å²) in [5.41, 5.74) is 0.202. The molecule has 27 heavy (non-hydrogen) atoms. The van der Waals surface area contributed by atoms with E-state index in [-0.39, 0.29) is 23.9 Å². The van der Waals surface area contributed by atoms with E-state index in [1.54, 1.807) is 0 Å². The van der Waals surface area contributed by atoms with Crippen molar-refractivity contribution in [3.05, 3.63) is 35.1 Å². The monoisotopic (exact) mass is 406 g/mol. The van der Waals surface area contributed by atoms with Gasteiger partial charge in [0.25, 0.3) is 0 Å². The van der Waals surface area contributed by atoms with Crippen molar-refractivity contribution >= 4 is 8.80 Å². The van der Waals surface area contributed by atoms with Gasteiger partial charge in [0, 0.05) is 30.4 Å². The highest BCUT2D eigenvalue weighted by Crippen LogP contribution is 2.25. The van der Waals surface area contributed by atoms with Crippen LogP contribution in [0.4, 0.5) is 13.2 Å². The summed E-state index contributed by atoms with van der Waals surface area (Å²) < 4.78 is 58.3. The summed E-state index contributed by atoms with van der Waals surface area (Å²) in [5, 5.41) is 0. The molecule has 0 radical (unpaired) electrons. The molecule has 1 aromatic rings. The molecule has 7 heteroatoms. The summed E-state index contributed by atoms with van der Waals surface area (Å²) in [6.07, 6.45) is 2.58. The second-order valence-corrected chi connectivity index (χ2v) is 10.2. The van der Waals surface area contributed by atoms with Crippen molar-refractivity contribution in [3.8, 4) is 0 Å². The van der Waals surface area contributed by atoms with E-state index in [0.29, 0.717) is 25.0 Å². The van der Waals surface area contributed by atoms with Gasteiger partial charge in [-0.15, -0.1) is 0 Å². The first-order valence-corrected chi connectivity index (χ1v) is 11.6. The molecule has 0 bridgehead atoms. The lowest BCUT2D eigenvalue weighted by molar-refractivity contribution is 0.00278.